The largest absolute Gasteiger partial charge is 0.449 e. The lowest BCUT2D eigenvalue weighted by molar-refractivity contribution is 0.0286. The van der Waals surface area contributed by atoms with Crippen LogP contribution >= 0.6 is 11.6 Å². The summed E-state index contributed by atoms with van der Waals surface area (Å²) in [6.45, 7) is 1.63. The predicted octanol–water partition coefficient (Wildman–Crippen LogP) is 4.24. The Morgan fingerprint density at radius 1 is 1.23 bits per heavy atom. The number of nitrogens with one attached hydrogen (secondary N) is 1. The number of furan rings is 1. The Morgan fingerprint density at radius 3 is 2.88 bits per heavy atom. The first kappa shape index (κ1) is 16.4. The average molecular weight is 369 g/mol. The van der Waals surface area contributed by atoms with E-state index >= 15 is 0 Å². The third-order valence-electron chi connectivity index (χ3n) is 3.98. The van der Waals surface area contributed by atoms with Gasteiger partial charge in [-0.15, -0.1) is 0 Å². The Bertz CT molecular complexity index is 1200. The summed E-state index contributed by atoms with van der Waals surface area (Å²) < 4.78 is 10.9. The summed E-state index contributed by atoms with van der Waals surface area (Å²) in [4.78, 5) is 31.5. The molecule has 0 aliphatic carbocycles. The number of carbonyl (C=O) groups is 1. The van der Waals surface area contributed by atoms with E-state index in [-0.39, 0.29) is 17.1 Å². The molecule has 26 heavy (non-hydrogen) atoms. The van der Waals surface area contributed by atoms with E-state index < -0.39 is 12.1 Å². The Balaban J connectivity index is 1.61. The second-order valence-electron chi connectivity index (χ2n) is 5.81. The topological polar surface area (TPSA) is 85.2 Å². The number of carbonyl (C=O) groups excluding carboxylic acids is 1. The molecule has 2 aromatic heterocycles. The Hall–Kier alpha value is -3.12. The summed E-state index contributed by atoms with van der Waals surface area (Å²) in [5.74, 6) is -0.334. The number of H-pyrrole nitrogens is 1. The first-order valence-corrected chi connectivity index (χ1v) is 8.28. The first-order valence-electron chi connectivity index (χ1n) is 7.90. The van der Waals surface area contributed by atoms with Gasteiger partial charge in [-0.3, -0.25) is 4.79 Å². The molecule has 0 saturated heterocycles. The average Bonchev–Trinajstić information content (AvgIpc) is 3.05. The van der Waals surface area contributed by atoms with Crippen molar-refractivity contribution in [3.05, 3.63) is 75.5 Å². The fraction of sp³-hybridized carbons (Fsp3) is 0.105. The molecule has 6 nitrogen and oxygen atoms in total. The molecule has 7 heteroatoms. The van der Waals surface area contributed by atoms with Crippen molar-refractivity contribution in [2.75, 3.05) is 0 Å². The van der Waals surface area contributed by atoms with E-state index in [2.05, 4.69) is 9.97 Å². The number of ether oxygens (including phenoxy) is 1. The van der Waals surface area contributed by atoms with E-state index in [1.165, 1.54) is 0 Å². The van der Waals surface area contributed by atoms with Gasteiger partial charge in [0.05, 0.1) is 10.9 Å². The van der Waals surface area contributed by atoms with Crippen LogP contribution in [0.1, 0.15) is 29.4 Å². The standard InChI is InChI=1S/C19H13ClN2O4/c1-10(17-21-14-5-3-2-4-13(14)18(23)22-17)25-19(24)16-9-11-8-12(20)6-7-15(11)26-16/h2-10H,1H3,(H,21,22,23)/t10-/m0/s1. The molecule has 130 valence electrons. The van der Waals surface area contributed by atoms with Gasteiger partial charge >= 0.3 is 5.97 Å². The van der Waals surface area contributed by atoms with Gasteiger partial charge in [0.2, 0.25) is 5.76 Å². The number of nitrogens with zero attached hydrogens (tertiary/aromatic N) is 1. The van der Waals surface area contributed by atoms with Crippen molar-refractivity contribution >= 4 is 39.4 Å². The molecule has 0 unspecified atom stereocenters. The molecule has 0 aliphatic rings. The normalized spacial score (nSPS) is 12.4. The fourth-order valence-electron chi connectivity index (χ4n) is 2.69. The van der Waals surface area contributed by atoms with E-state index in [1.54, 1.807) is 55.5 Å². The number of benzene rings is 2. The second-order valence-corrected chi connectivity index (χ2v) is 6.25. The van der Waals surface area contributed by atoms with Crippen molar-refractivity contribution in [2.24, 2.45) is 0 Å². The van der Waals surface area contributed by atoms with Crippen LogP contribution in [-0.2, 0) is 4.74 Å². The lowest BCUT2D eigenvalue weighted by Crippen LogP contribution is -2.17. The molecule has 0 aliphatic heterocycles. The molecular formula is C19H13ClN2O4. The van der Waals surface area contributed by atoms with Crippen LogP contribution in [0.5, 0.6) is 0 Å². The smallest absolute Gasteiger partial charge is 0.374 e. The molecule has 1 N–H and O–H groups in total. The predicted molar refractivity (Wildman–Crippen MR) is 97.4 cm³/mol. The summed E-state index contributed by atoms with van der Waals surface area (Å²) in [5, 5.41) is 1.72. The fourth-order valence-corrected chi connectivity index (χ4v) is 2.87. The number of aromatic nitrogens is 2. The van der Waals surface area contributed by atoms with Crippen LogP contribution in [0, 0.1) is 0 Å². The number of hydrogen-bond donors (Lipinski definition) is 1. The van der Waals surface area contributed by atoms with Gasteiger partial charge in [0.1, 0.15) is 5.58 Å². The minimum Gasteiger partial charge on any atom is -0.449 e. The zero-order valence-corrected chi connectivity index (χ0v) is 14.4. The molecule has 0 amide bonds. The van der Waals surface area contributed by atoms with Crippen LogP contribution in [0.3, 0.4) is 0 Å². The molecule has 0 bridgehead atoms. The van der Waals surface area contributed by atoms with Gasteiger partial charge in [-0.2, -0.15) is 0 Å². The van der Waals surface area contributed by atoms with Crippen LogP contribution < -0.4 is 5.56 Å². The Labute approximate surface area is 152 Å². The number of rotatable bonds is 3. The molecular weight excluding hydrogens is 356 g/mol. The van der Waals surface area contributed by atoms with Crippen LogP contribution in [0.25, 0.3) is 21.9 Å². The van der Waals surface area contributed by atoms with E-state index in [0.29, 0.717) is 26.9 Å². The number of esters is 1. The van der Waals surface area contributed by atoms with E-state index in [1.807, 2.05) is 0 Å². The van der Waals surface area contributed by atoms with Crippen molar-refractivity contribution in [2.45, 2.75) is 13.0 Å². The van der Waals surface area contributed by atoms with Gasteiger partial charge in [-0.1, -0.05) is 23.7 Å². The van der Waals surface area contributed by atoms with Crippen molar-refractivity contribution in [3.8, 4) is 0 Å². The van der Waals surface area contributed by atoms with Gasteiger partial charge in [0, 0.05) is 10.4 Å². The van der Waals surface area contributed by atoms with Crippen LogP contribution in [0.15, 0.2) is 57.7 Å². The monoisotopic (exact) mass is 368 g/mol. The summed E-state index contributed by atoms with van der Waals surface area (Å²) in [7, 11) is 0. The summed E-state index contributed by atoms with van der Waals surface area (Å²) in [5.41, 5.74) is 0.783. The molecule has 2 heterocycles. The van der Waals surface area contributed by atoms with Crippen LogP contribution in [0.2, 0.25) is 5.02 Å². The number of para-hydroxylation sites is 1. The third-order valence-corrected chi connectivity index (χ3v) is 4.21. The van der Waals surface area contributed by atoms with Crippen molar-refractivity contribution in [1.82, 2.24) is 9.97 Å². The maximum absolute atomic E-state index is 12.4. The molecule has 2 aromatic carbocycles. The number of halogens is 1. The SMILES string of the molecule is C[C@H](OC(=O)c1cc2cc(Cl)ccc2o1)c1nc2ccccc2c(=O)[nH]1. The number of aromatic amines is 1. The van der Waals surface area contributed by atoms with E-state index in [4.69, 9.17) is 20.8 Å². The van der Waals surface area contributed by atoms with Gasteiger partial charge in [0.15, 0.2) is 11.9 Å². The van der Waals surface area contributed by atoms with Crippen molar-refractivity contribution in [1.29, 1.82) is 0 Å². The number of hydrogen-bond acceptors (Lipinski definition) is 5. The number of fused-ring (bicyclic) bond motifs is 2. The maximum Gasteiger partial charge on any atom is 0.374 e. The molecule has 1 atom stereocenters. The first-order chi connectivity index (χ1) is 12.5. The molecule has 0 fully saturated rings. The zero-order chi connectivity index (χ0) is 18.3. The zero-order valence-electron chi connectivity index (χ0n) is 13.7. The Morgan fingerprint density at radius 2 is 2.04 bits per heavy atom. The van der Waals surface area contributed by atoms with Crippen LogP contribution in [0.4, 0.5) is 0 Å². The van der Waals surface area contributed by atoms with Gasteiger partial charge in [-0.25, -0.2) is 9.78 Å². The highest BCUT2D eigenvalue weighted by Gasteiger charge is 2.20. The molecule has 0 radical (unpaired) electrons. The van der Waals surface area contributed by atoms with Gasteiger partial charge in [0.25, 0.3) is 5.56 Å². The molecule has 4 aromatic rings. The van der Waals surface area contributed by atoms with E-state index in [0.717, 1.165) is 0 Å². The van der Waals surface area contributed by atoms with Gasteiger partial charge < -0.3 is 14.1 Å². The molecule has 0 saturated carbocycles. The summed E-state index contributed by atoms with van der Waals surface area (Å²) >= 11 is 5.93. The Kier molecular flexibility index (Phi) is 3.97. The second kappa shape index (κ2) is 6.31. The van der Waals surface area contributed by atoms with Crippen molar-refractivity contribution in [3.63, 3.8) is 0 Å². The maximum atomic E-state index is 12.4. The minimum atomic E-state index is -0.753. The highest BCUT2D eigenvalue weighted by atomic mass is 35.5. The summed E-state index contributed by atoms with van der Waals surface area (Å²) in [6.07, 6.45) is -0.753. The lowest BCUT2D eigenvalue weighted by Gasteiger charge is -2.12. The highest BCUT2D eigenvalue weighted by Crippen LogP contribution is 2.25. The van der Waals surface area contributed by atoms with Gasteiger partial charge in [-0.05, 0) is 43.3 Å². The molecule has 0 spiro atoms. The minimum absolute atomic E-state index is 0.0530. The highest BCUT2D eigenvalue weighted by molar-refractivity contribution is 6.31. The van der Waals surface area contributed by atoms with Crippen molar-refractivity contribution < 1.29 is 13.9 Å². The van der Waals surface area contributed by atoms with E-state index in [9.17, 15) is 9.59 Å². The quantitative estimate of drug-likeness (QED) is 0.546. The van der Waals surface area contributed by atoms with Crippen LogP contribution in [-0.4, -0.2) is 15.9 Å². The third kappa shape index (κ3) is 2.95. The lowest BCUT2D eigenvalue weighted by atomic mass is 10.2. The molecule has 4 rings (SSSR count). The summed E-state index contributed by atoms with van der Waals surface area (Å²) in [6, 6.07) is 13.6.